The highest BCUT2D eigenvalue weighted by molar-refractivity contribution is 5.14. The lowest BCUT2D eigenvalue weighted by Gasteiger charge is -2.32. The highest BCUT2D eigenvalue weighted by Crippen LogP contribution is 2.37. The average molecular weight is 236 g/mol. The summed E-state index contributed by atoms with van der Waals surface area (Å²) in [6.45, 7) is 2.28. The van der Waals surface area contributed by atoms with Crippen LogP contribution in [0.3, 0.4) is 0 Å². The number of unbranched alkanes of at least 4 members (excludes halogenated alkanes) is 1. The van der Waals surface area contributed by atoms with Crippen LogP contribution in [-0.4, -0.2) is 11.2 Å². The van der Waals surface area contributed by atoms with Crippen LogP contribution in [0.25, 0.3) is 0 Å². The third-order valence-corrected chi connectivity index (χ3v) is 4.76. The molecule has 2 rings (SSSR count). The van der Waals surface area contributed by atoms with Gasteiger partial charge in [-0.3, -0.25) is 0 Å². The summed E-state index contributed by atoms with van der Waals surface area (Å²) < 4.78 is 0. The third kappa shape index (κ3) is 3.58. The smallest absolute Gasteiger partial charge is 0.0778 e. The summed E-state index contributed by atoms with van der Waals surface area (Å²) in [5, 5.41) is 10.4. The van der Waals surface area contributed by atoms with Crippen molar-refractivity contribution in [1.29, 1.82) is 0 Å². The number of allylic oxidation sites excluding steroid dienone is 1. The summed E-state index contributed by atoms with van der Waals surface area (Å²) in [6, 6.07) is 0. The van der Waals surface area contributed by atoms with E-state index in [1.54, 1.807) is 0 Å². The zero-order chi connectivity index (χ0) is 12.1. The fraction of sp³-hybridized carbons (Fsp3) is 0.875. The van der Waals surface area contributed by atoms with E-state index in [2.05, 4.69) is 13.0 Å². The molecule has 1 atom stereocenters. The molecule has 0 aromatic carbocycles. The predicted octanol–water partition coefficient (Wildman–Crippen LogP) is 4.45. The van der Waals surface area contributed by atoms with Crippen LogP contribution in [0, 0.1) is 11.8 Å². The second kappa shape index (κ2) is 6.58. The van der Waals surface area contributed by atoms with Gasteiger partial charge in [0.2, 0.25) is 0 Å². The first-order chi connectivity index (χ1) is 8.31. The van der Waals surface area contributed by atoms with E-state index in [-0.39, 0.29) is 6.10 Å². The molecule has 1 N–H and O–H groups in total. The predicted molar refractivity (Wildman–Crippen MR) is 72.9 cm³/mol. The number of hydrogen-bond donors (Lipinski definition) is 1. The summed E-state index contributed by atoms with van der Waals surface area (Å²) in [6.07, 6.45) is 15.1. The largest absolute Gasteiger partial charge is 0.388 e. The maximum absolute atomic E-state index is 10.4. The quantitative estimate of drug-likeness (QED) is 0.699. The fourth-order valence-corrected chi connectivity index (χ4v) is 3.55. The van der Waals surface area contributed by atoms with E-state index in [1.165, 1.54) is 63.4 Å². The fourth-order valence-electron chi connectivity index (χ4n) is 3.55. The molecule has 1 fully saturated rings. The first kappa shape index (κ1) is 13.1. The van der Waals surface area contributed by atoms with Crippen molar-refractivity contribution in [3.8, 4) is 0 Å². The van der Waals surface area contributed by atoms with Crippen LogP contribution < -0.4 is 0 Å². The summed E-state index contributed by atoms with van der Waals surface area (Å²) in [4.78, 5) is 0. The van der Waals surface area contributed by atoms with E-state index in [0.717, 1.165) is 12.3 Å². The van der Waals surface area contributed by atoms with Gasteiger partial charge in [0.05, 0.1) is 6.10 Å². The molecular weight excluding hydrogens is 208 g/mol. The maximum atomic E-state index is 10.4. The van der Waals surface area contributed by atoms with Crippen LogP contribution in [0.4, 0.5) is 0 Å². The molecule has 0 aromatic rings. The molecule has 1 unspecified atom stereocenters. The lowest BCUT2D eigenvalue weighted by molar-refractivity contribution is 0.0977. The molecule has 0 radical (unpaired) electrons. The van der Waals surface area contributed by atoms with E-state index >= 15 is 0 Å². The average Bonchev–Trinajstić information content (AvgIpc) is 2.90. The molecule has 0 bridgehead atoms. The van der Waals surface area contributed by atoms with Crippen molar-refractivity contribution >= 4 is 0 Å². The van der Waals surface area contributed by atoms with Gasteiger partial charge in [-0.05, 0) is 49.5 Å². The Morgan fingerprint density at radius 3 is 2.65 bits per heavy atom. The molecule has 0 saturated heterocycles. The van der Waals surface area contributed by atoms with Gasteiger partial charge in [0.15, 0.2) is 0 Å². The molecule has 0 aromatic heterocycles. The van der Waals surface area contributed by atoms with Gasteiger partial charge in [-0.25, -0.2) is 0 Å². The Morgan fingerprint density at radius 2 is 2.06 bits per heavy atom. The van der Waals surface area contributed by atoms with E-state index in [4.69, 9.17) is 0 Å². The molecular formula is C16H28O. The molecule has 0 amide bonds. The van der Waals surface area contributed by atoms with Gasteiger partial charge in [-0.1, -0.05) is 45.1 Å². The molecule has 0 spiro atoms. The second-order valence-electron chi connectivity index (χ2n) is 6.04. The van der Waals surface area contributed by atoms with Gasteiger partial charge in [0.25, 0.3) is 0 Å². The maximum Gasteiger partial charge on any atom is 0.0778 e. The molecule has 1 saturated carbocycles. The minimum atomic E-state index is -0.107. The number of rotatable bonds is 5. The number of aliphatic hydroxyl groups is 1. The van der Waals surface area contributed by atoms with Crippen molar-refractivity contribution in [3.63, 3.8) is 0 Å². The molecule has 2 aliphatic carbocycles. The zero-order valence-electron chi connectivity index (χ0n) is 11.3. The Morgan fingerprint density at radius 1 is 1.29 bits per heavy atom. The first-order valence-electron chi connectivity index (χ1n) is 7.68. The van der Waals surface area contributed by atoms with Gasteiger partial charge < -0.3 is 5.11 Å². The normalized spacial score (nSPS) is 31.3. The third-order valence-electron chi connectivity index (χ3n) is 4.76. The Bertz CT molecular complexity index is 248. The molecule has 17 heavy (non-hydrogen) atoms. The summed E-state index contributed by atoms with van der Waals surface area (Å²) in [7, 11) is 0. The Labute approximate surface area is 106 Å². The first-order valence-corrected chi connectivity index (χ1v) is 7.68. The van der Waals surface area contributed by atoms with Crippen LogP contribution in [-0.2, 0) is 0 Å². The monoisotopic (exact) mass is 236 g/mol. The van der Waals surface area contributed by atoms with E-state index in [1.807, 2.05) is 0 Å². The van der Waals surface area contributed by atoms with Gasteiger partial charge >= 0.3 is 0 Å². The standard InChI is InChI=1S/C16H28O/c1-2-3-6-13-9-11-15(12-10-13)16(17)14-7-4-5-8-14/h7,13,15-17H,2-6,8-12H2,1H3. The van der Waals surface area contributed by atoms with E-state index in [0.29, 0.717) is 5.92 Å². The molecule has 2 aliphatic rings. The Kier molecular flexibility index (Phi) is 5.09. The minimum absolute atomic E-state index is 0.107. The minimum Gasteiger partial charge on any atom is -0.388 e. The van der Waals surface area contributed by atoms with Crippen LogP contribution in [0.5, 0.6) is 0 Å². The molecule has 98 valence electrons. The highest BCUT2D eigenvalue weighted by atomic mass is 16.3. The van der Waals surface area contributed by atoms with Crippen LogP contribution in [0.2, 0.25) is 0 Å². The highest BCUT2D eigenvalue weighted by Gasteiger charge is 2.28. The number of hydrogen-bond acceptors (Lipinski definition) is 1. The summed E-state index contributed by atoms with van der Waals surface area (Å²) in [5.74, 6) is 1.52. The van der Waals surface area contributed by atoms with Crippen molar-refractivity contribution in [2.45, 2.75) is 77.2 Å². The van der Waals surface area contributed by atoms with Crippen molar-refractivity contribution in [1.82, 2.24) is 0 Å². The lowest BCUT2D eigenvalue weighted by atomic mass is 9.76. The van der Waals surface area contributed by atoms with Gasteiger partial charge in [-0.2, -0.15) is 0 Å². The molecule has 0 aliphatic heterocycles. The van der Waals surface area contributed by atoms with Crippen LogP contribution in [0.1, 0.15) is 71.1 Å². The SMILES string of the molecule is CCCCC1CCC(C(O)C2=CCCC2)CC1. The van der Waals surface area contributed by atoms with Crippen molar-refractivity contribution in [2.24, 2.45) is 11.8 Å². The van der Waals surface area contributed by atoms with E-state index < -0.39 is 0 Å². The summed E-state index contributed by atoms with van der Waals surface area (Å²) in [5.41, 5.74) is 1.35. The van der Waals surface area contributed by atoms with Gasteiger partial charge in [0, 0.05) is 0 Å². The molecule has 1 nitrogen and oxygen atoms in total. The Balaban J connectivity index is 1.74. The van der Waals surface area contributed by atoms with E-state index in [9.17, 15) is 5.11 Å². The topological polar surface area (TPSA) is 20.2 Å². The van der Waals surface area contributed by atoms with Crippen LogP contribution in [0.15, 0.2) is 11.6 Å². The molecule has 0 heterocycles. The molecule has 1 heteroatoms. The van der Waals surface area contributed by atoms with Crippen LogP contribution >= 0.6 is 0 Å². The van der Waals surface area contributed by atoms with Crippen molar-refractivity contribution in [2.75, 3.05) is 0 Å². The zero-order valence-corrected chi connectivity index (χ0v) is 11.3. The second-order valence-corrected chi connectivity index (χ2v) is 6.04. The Hall–Kier alpha value is -0.300. The lowest BCUT2D eigenvalue weighted by Crippen LogP contribution is -2.27. The van der Waals surface area contributed by atoms with Gasteiger partial charge in [-0.15, -0.1) is 0 Å². The van der Waals surface area contributed by atoms with Crippen molar-refractivity contribution < 1.29 is 5.11 Å². The van der Waals surface area contributed by atoms with Crippen molar-refractivity contribution in [3.05, 3.63) is 11.6 Å². The van der Waals surface area contributed by atoms with Gasteiger partial charge in [0.1, 0.15) is 0 Å². The number of aliphatic hydroxyl groups excluding tert-OH is 1. The summed E-state index contributed by atoms with van der Waals surface area (Å²) >= 11 is 0.